The Morgan fingerprint density at radius 3 is 2.50 bits per heavy atom. The summed E-state index contributed by atoms with van der Waals surface area (Å²) in [6.45, 7) is 4.86. The quantitative estimate of drug-likeness (QED) is 0.686. The predicted octanol–water partition coefficient (Wildman–Crippen LogP) is 3.89. The third kappa shape index (κ3) is 5.31. The van der Waals surface area contributed by atoms with Gasteiger partial charge in [0.05, 0.1) is 11.3 Å². The van der Waals surface area contributed by atoms with E-state index in [-0.39, 0.29) is 23.5 Å². The monoisotopic (exact) mass is 438 g/mol. The topological polar surface area (TPSA) is 66.4 Å². The van der Waals surface area contributed by atoms with Crippen molar-refractivity contribution >= 4 is 11.8 Å². The molecule has 0 aliphatic carbocycles. The summed E-state index contributed by atoms with van der Waals surface area (Å²) in [5, 5.41) is 0. The Morgan fingerprint density at radius 1 is 1.06 bits per heavy atom. The van der Waals surface area contributed by atoms with Gasteiger partial charge in [-0.1, -0.05) is 12.1 Å². The van der Waals surface area contributed by atoms with Crippen LogP contribution in [0.5, 0.6) is 0 Å². The number of likely N-dealkylation sites (tertiary alicyclic amines) is 2. The molecule has 2 aliphatic heterocycles. The molecule has 0 N–H and O–H groups in total. The van der Waals surface area contributed by atoms with E-state index in [1.165, 1.54) is 12.1 Å². The number of aromatic nitrogens is 2. The van der Waals surface area contributed by atoms with Gasteiger partial charge >= 0.3 is 0 Å². The Balaban J connectivity index is 1.32. The van der Waals surface area contributed by atoms with Crippen LogP contribution < -0.4 is 0 Å². The fourth-order valence-corrected chi connectivity index (χ4v) is 4.65. The van der Waals surface area contributed by atoms with Crippen molar-refractivity contribution in [2.24, 2.45) is 0 Å². The Hall–Kier alpha value is -2.83. The van der Waals surface area contributed by atoms with E-state index in [9.17, 15) is 14.0 Å². The van der Waals surface area contributed by atoms with Crippen LogP contribution >= 0.6 is 0 Å². The molecule has 0 spiro atoms. The highest BCUT2D eigenvalue weighted by Crippen LogP contribution is 2.26. The van der Waals surface area contributed by atoms with E-state index in [1.807, 2.05) is 16.7 Å². The number of rotatable bonds is 6. The first-order valence-electron chi connectivity index (χ1n) is 11.7. The maximum Gasteiger partial charge on any atom is 0.257 e. The van der Waals surface area contributed by atoms with E-state index < -0.39 is 0 Å². The second-order valence-electron chi connectivity index (χ2n) is 8.89. The first-order valence-corrected chi connectivity index (χ1v) is 11.7. The van der Waals surface area contributed by atoms with Crippen LogP contribution in [-0.4, -0.2) is 57.8 Å². The van der Waals surface area contributed by atoms with Crippen molar-refractivity contribution in [3.05, 3.63) is 58.9 Å². The first-order chi connectivity index (χ1) is 15.5. The van der Waals surface area contributed by atoms with Crippen LogP contribution in [0.2, 0.25) is 0 Å². The average molecular weight is 439 g/mol. The predicted molar refractivity (Wildman–Crippen MR) is 120 cm³/mol. The molecule has 0 radical (unpaired) electrons. The van der Waals surface area contributed by atoms with Crippen LogP contribution in [-0.2, 0) is 11.2 Å². The summed E-state index contributed by atoms with van der Waals surface area (Å²) < 4.78 is 13.0. The van der Waals surface area contributed by atoms with Crippen molar-refractivity contribution in [3.8, 4) is 0 Å². The number of piperidine rings is 1. The van der Waals surface area contributed by atoms with Gasteiger partial charge < -0.3 is 9.80 Å². The number of amides is 2. The van der Waals surface area contributed by atoms with Gasteiger partial charge in [0.25, 0.3) is 5.91 Å². The van der Waals surface area contributed by atoms with E-state index in [0.717, 1.165) is 75.2 Å². The van der Waals surface area contributed by atoms with E-state index in [4.69, 9.17) is 0 Å². The van der Waals surface area contributed by atoms with Gasteiger partial charge in [0.2, 0.25) is 5.91 Å². The van der Waals surface area contributed by atoms with Gasteiger partial charge in [-0.05, 0) is 63.1 Å². The van der Waals surface area contributed by atoms with Crippen LogP contribution in [0.25, 0.3) is 0 Å². The van der Waals surface area contributed by atoms with Gasteiger partial charge in [-0.25, -0.2) is 14.4 Å². The summed E-state index contributed by atoms with van der Waals surface area (Å²) in [7, 11) is 0. The normalized spacial score (nSPS) is 18.8. The van der Waals surface area contributed by atoms with E-state index in [0.29, 0.717) is 18.5 Å². The Bertz CT molecular complexity index is 957. The second-order valence-corrected chi connectivity index (χ2v) is 8.89. The second kappa shape index (κ2) is 10.2. The number of hydrogen-bond acceptors (Lipinski definition) is 4. The minimum Gasteiger partial charge on any atom is -0.342 e. The highest BCUT2D eigenvalue weighted by atomic mass is 19.1. The lowest BCUT2D eigenvalue weighted by Gasteiger charge is -2.32. The summed E-state index contributed by atoms with van der Waals surface area (Å²) in [4.78, 5) is 38.4. The molecule has 0 saturated carbocycles. The molecule has 2 saturated heterocycles. The number of nitrogens with zero attached hydrogens (tertiary/aromatic N) is 4. The number of carbonyl (C=O) groups is 2. The molecule has 0 unspecified atom stereocenters. The molecular formula is C25H31FN4O2. The van der Waals surface area contributed by atoms with Crippen LogP contribution in [0, 0.1) is 12.7 Å². The van der Waals surface area contributed by atoms with E-state index in [2.05, 4.69) is 9.97 Å². The van der Waals surface area contributed by atoms with Gasteiger partial charge in [-0.3, -0.25) is 9.59 Å². The number of carbonyl (C=O) groups excluding carboxylic acids is 2. The molecule has 1 aromatic heterocycles. The SMILES string of the molecule is Cc1nc([C@H]2CCCN(C(=O)CCCc3ccc(F)cc3)C2)ncc1C(=O)N1CCCC1. The number of halogens is 1. The van der Waals surface area contributed by atoms with E-state index in [1.54, 1.807) is 18.3 Å². The van der Waals surface area contributed by atoms with Crippen LogP contribution in [0.4, 0.5) is 4.39 Å². The van der Waals surface area contributed by atoms with Crippen LogP contribution in [0.3, 0.4) is 0 Å². The van der Waals surface area contributed by atoms with Crippen molar-refractivity contribution < 1.29 is 14.0 Å². The third-order valence-corrected chi connectivity index (χ3v) is 6.53. The molecule has 6 nitrogen and oxygen atoms in total. The maximum absolute atomic E-state index is 13.0. The first kappa shape index (κ1) is 22.4. The van der Waals surface area contributed by atoms with E-state index >= 15 is 0 Å². The van der Waals surface area contributed by atoms with Crippen molar-refractivity contribution in [1.82, 2.24) is 19.8 Å². The molecule has 2 aromatic rings. The van der Waals surface area contributed by atoms with Gasteiger partial charge in [0, 0.05) is 44.7 Å². The molecule has 1 atom stereocenters. The summed E-state index contributed by atoms with van der Waals surface area (Å²) in [6, 6.07) is 6.46. The lowest BCUT2D eigenvalue weighted by molar-refractivity contribution is -0.132. The third-order valence-electron chi connectivity index (χ3n) is 6.53. The van der Waals surface area contributed by atoms with Gasteiger partial charge in [0.15, 0.2) is 0 Å². The van der Waals surface area contributed by atoms with Crippen molar-refractivity contribution in [3.63, 3.8) is 0 Å². The highest BCUT2D eigenvalue weighted by Gasteiger charge is 2.28. The van der Waals surface area contributed by atoms with Gasteiger partial charge in [-0.2, -0.15) is 0 Å². The van der Waals surface area contributed by atoms with Crippen LogP contribution in [0.15, 0.2) is 30.5 Å². The lowest BCUT2D eigenvalue weighted by atomic mass is 9.96. The molecule has 1 aromatic carbocycles. The van der Waals surface area contributed by atoms with Crippen LogP contribution in [0.1, 0.15) is 71.9 Å². The van der Waals surface area contributed by atoms with Gasteiger partial charge in [-0.15, -0.1) is 0 Å². The number of aryl methyl sites for hydroxylation is 2. The zero-order chi connectivity index (χ0) is 22.5. The minimum atomic E-state index is -0.241. The van der Waals surface area contributed by atoms with Crippen molar-refractivity contribution in [1.29, 1.82) is 0 Å². The number of hydrogen-bond donors (Lipinski definition) is 0. The van der Waals surface area contributed by atoms with Gasteiger partial charge in [0.1, 0.15) is 11.6 Å². The zero-order valence-electron chi connectivity index (χ0n) is 18.7. The fraction of sp³-hybridized carbons (Fsp3) is 0.520. The molecule has 2 fully saturated rings. The summed E-state index contributed by atoms with van der Waals surface area (Å²) in [5.41, 5.74) is 2.35. The lowest BCUT2D eigenvalue weighted by Crippen LogP contribution is -2.39. The molecule has 170 valence electrons. The maximum atomic E-state index is 13.0. The smallest absolute Gasteiger partial charge is 0.257 e. The molecule has 7 heteroatoms. The summed E-state index contributed by atoms with van der Waals surface area (Å²) in [5.74, 6) is 0.751. The minimum absolute atomic E-state index is 0.0214. The largest absolute Gasteiger partial charge is 0.342 e. The average Bonchev–Trinajstić information content (AvgIpc) is 3.35. The molecule has 2 aliphatic rings. The number of benzene rings is 1. The van der Waals surface area contributed by atoms with Crippen molar-refractivity contribution in [2.75, 3.05) is 26.2 Å². The molecule has 2 amide bonds. The Labute approximate surface area is 188 Å². The Morgan fingerprint density at radius 2 is 1.78 bits per heavy atom. The highest BCUT2D eigenvalue weighted by molar-refractivity contribution is 5.95. The molecule has 32 heavy (non-hydrogen) atoms. The molecule has 3 heterocycles. The van der Waals surface area contributed by atoms with Crippen molar-refractivity contribution in [2.45, 2.75) is 57.8 Å². The molecule has 0 bridgehead atoms. The Kier molecular flexibility index (Phi) is 7.12. The molecule has 4 rings (SSSR count). The fourth-order valence-electron chi connectivity index (χ4n) is 4.65. The summed E-state index contributed by atoms with van der Waals surface area (Å²) in [6.07, 6.45) is 7.63. The standard InChI is InChI=1S/C25H31FN4O2/c1-18-22(25(32)29-13-2-3-14-29)16-27-24(28-18)20-7-5-15-30(17-20)23(31)8-4-6-19-9-11-21(26)12-10-19/h9-12,16,20H,2-8,13-15,17H2,1H3/t20-/m0/s1. The summed E-state index contributed by atoms with van der Waals surface area (Å²) >= 11 is 0. The zero-order valence-corrected chi connectivity index (χ0v) is 18.7. The molecular weight excluding hydrogens is 407 g/mol.